The van der Waals surface area contributed by atoms with Gasteiger partial charge in [0.1, 0.15) is 0 Å². The molecule has 0 radical (unpaired) electrons. The van der Waals surface area contributed by atoms with Gasteiger partial charge in [0.15, 0.2) is 0 Å². The fourth-order valence-corrected chi connectivity index (χ4v) is 2.59. The number of hydrogen-bond donors (Lipinski definition) is 1. The van der Waals surface area contributed by atoms with E-state index in [-0.39, 0.29) is 0 Å². The molecule has 2 aromatic rings. The summed E-state index contributed by atoms with van der Waals surface area (Å²) >= 11 is 7.59. The smallest absolute Gasteiger partial charge is 0.0521 e. The van der Waals surface area contributed by atoms with Crippen molar-refractivity contribution in [3.05, 3.63) is 52.8 Å². The molecule has 0 aliphatic rings. The van der Waals surface area contributed by atoms with Crippen LogP contribution in [0.4, 0.5) is 5.69 Å². The van der Waals surface area contributed by atoms with Gasteiger partial charge in [0.05, 0.1) is 5.69 Å². The Morgan fingerprint density at radius 2 is 2.18 bits per heavy atom. The van der Waals surface area contributed by atoms with Crippen LogP contribution in [0.5, 0.6) is 0 Å². The van der Waals surface area contributed by atoms with E-state index in [0.717, 1.165) is 27.6 Å². The highest BCUT2D eigenvalue weighted by Gasteiger charge is 2.03. The molecule has 2 rings (SSSR count). The highest BCUT2D eigenvalue weighted by atomic mass is 35.5. The van der Waals surface area contributed by atoms with Crippen LogP contribution in [0.25, 0.3) is 0 Å². The number of para-hydroxylation sites is 1. The van der Waals surface area contributed by atoms with Gasteiger partial charge in [0.2, 0.25) is 0 Å². The zero-order valence-corrected chi connectivity index (χ0v) is 11.1. The number of aryl methyl sites for hydroxylation is 1. The normalized spacial score (nSPS) is 10.5. The van der Waals surface area contributed by atoms with Crippen LogP contribution < -0.4 is 5.73 Å². The summed E-state index contributed by atoms with van der Waals surface area (Å²) in [5, 5.41) is 0.716. The summed E-state index contributed by atoms with van der Waals surface area (Å²) in [5.41, 5.74) is 8.92. The van der Waals surface area contributed by atoms with E-state index < -0.39 is 0 Å². The van der Waals surface area contributed by atoms with Crippen molar-refractivity contribution in [3.63, 3.8) is 0 Å². The van der Waals surface area contributed by atoms with E-state index in [0.29, 0.717) is 5.02 Å². The number of benzene rings is 1. The predicted molar refractivity (Wildman–Crippen MR) is 74.4 cm³/mol. The standard InChI is InChI=1S/C13H13ClN2S/c1-9-3-2-4-12(13(9)15)17-8-11-7-10(14)5-6-16-11/h2-7H,8,15H2,1H3. The largest absolute Gasteiger partial charge is 0.398 e. The summed E-state index contributed by atoms with van der Waals surface area (Å²) in [6.45, 7) is 2.01. The van der Waals surface area contributed by atoms with Crippen LogP contribution in [0.15, 0.2) is 41.4 Å². The van der Waals surface area contributed by atoms with E-state index in [1.54, 1.807) is 24.0 Å². The van der Waals surface area contributed by atoms with Crippen LogP contribution in [-0.4, -0.2) is 4.98 Å². The van der Waals surface area contributed by atoms with Gasteiger partial charge in [-0.05, 0) is 30.7 Å². The number of nitrogens with two attached hydrogens (primary N) is 1. The molecule has 4 heteroatoms. The van der Waals surface area contributed by atoms with E-state index in [2.05, 4.69) is 4.98 Å². The molecule has 0 atom stereocenters. The summed E-state index contributed by atoms with van der Waals surface area (Å²) in [7, 11) is 0. The second-order valence-electron chi connectivity index (χ2n) is 3.74. The van der Waals surface area contributed by atoms with Crippen LogP contribution in [0.1, 0.15) is 11.3 Å². The third kappa shape index (κ3) is 3.14. The zero-order valence-electron chi connectivity index (χ0n) is 9.48. The molecule has 0 saturated carbocycles. The van der Waals surface area contributed by atoms with E-state index in [1.165, 1.54) is 0 Å². The number of pyridine rings is 1. The molecular formula is C13H13ClN2S. The molecule has 17 heavy (non-hydrogen) atoms. The molecule has 2 N–H and O–H groups in total. The summed E-state index contributed by atoms with van der Waals surface area (Å²) in [6.07, 6.45) is 1.72. The van der Waals surface area contributed by atoms with Crippen molar-refractivity contribution in [1.82, 2.24) is 4.98 Å². The van der Waals surface area contributed by atoms with Crippen molar-refractivity contribution < 1.29 is 0 Å². The van der Waals surface area contributed by atoms with Gasteiger partial charge in [0.25, 0.3) is 0 Å². The van der Waals surface area contributed by atoms with Gasteiger partial charge in [-0.1, -0.05) is 23.7 Å². The molecule has 1 heterocycles. The maximum Gasteiger partial charge on any atom is 0.0521 e. The highest BCUT2D eigenvalue weighted by Crippen LogP contribution is 2.29. The molecule has 0 aliphatic heterocycles. The number of hydrogen-bond acceptors (Lipinski definition) is 3. The van der Waals surface area contributed by atoms with Crippen LogP contribution >= 0.6 is 23.4 Å². The molecule has 88 valence electrons. The van der Waals surface area contributed by atoms with Crippen molar-refractivity contribution >= 4 is 29.1 Å². The van der Waals surface area contributed by atoms with Crippen molar-refractivity contribution in [2.75, 3.05) is 5.73 Å². The average molecular weight is 265 g/mol. The molecule has 0 unspecified atom stereocenters. The van der Waals surface area contributed by atoms with Crippen LogP contribution in [-0.2, 0) is 5.75 Å². The maximum atomic E-state index is 6.01. The highest BCUT2D eigenvalue weighted by molar-refractivity contribution is 7.98. The van der Waals surface area contributed by atoms with E-state index in [9.17, 15) is 0 Å². The third-order valence-corrected chi connectivity index (χ3v) is 3.78. The van der Waals surface area contributed by atoms with Crippen molar-refractivity contribution in [2.45, 2.75) is 17.6 Å². The summed E-state index contributed by atoms with van der Waals surface area (Å²) in [4.78, 5) is 5.35. The number of rotatable bonds is 3. The summed E-state index contributed by atoms with van der Waals surface area (Å²) in [5.74, 6) is 0.772. The lowest BCUT2D eigenvalue weighted by Gasteiger charge is -2.07. The molecule has 0 aliphatic carbocycles. The number of anilines is 1. The Labute approximate surface area is 110 Å². The molecule has 0 bridgehead atoms. The van der Waals surface area contributed by atoms with Gasteiger partial charge in [0, 0.05) is 27.6 Å². The first kappa shape index (κ1) is 12.3. The molecule has 1 aromatic heterocycles. The Morgan fingerprint density at radius 1 is 1.35 bits per heavy atom. The Kier molecular flexibility index (Phi) is 3.92. The molecule has 0 saturated heterocycles. The fraction of sp³-hybridized carbons (Fsp3) is 0.154. The quantitative estimate of drug-likeness (QED) is 0.675. The SMILES string of the molecule is Cc1cccc(SCc2cc(Cl)ccn2)c1N. The Bertz CT molecular complexity index is 529. The lowest BCUT2D eigenvalue weighted by Crippen LogP contribution is -1.93. The van der Waals surface area contributed by atoms with Crippen LogP contribution in [0, 0.1) is 6.92 Å². The fourth-order valence-electron chi connectivity index (χ4n) is 1.46. The second-order valence-corrected chi connectivity index (χ2v) is 5.19. The molecule has 0 spiro atoms. The minimum Gasteiger partial charge on any atom is -0.398 e. The maximum absolute atomic E-state index is 6.01. The lowest BCUT2D eigenvalue weighted by molar-refractivity contribution is 1.17. The average Bonchev–Trinajstić information content (AvgIpc) is 2.31. The van der Waals surface area contributed by atoms with E-state index in [4.69, 9.17) is 17.3 Å². The summed E-state index contributed by atoms with van der Waals surface area (Å²) in [6, 6.07) is 9.70. The van der Waals surface area contributed by atoms with Crippen LogP contribution in [0.3, 0.4) is 0 Å². The molecule has 1 aromatic carbocycles. The van der Waals surface area contributed by atoms with Gasteiger partial charge in [-0.3, -0.25) is 4.98 Å². The second kappa shape index (κ2) is 5.43. The van der Waals surface area contributed by atoms with Gasteiger partial charge in [-0.15, -0.1) is 11.8 Å². The first-order chi connectivity index (χ1) is 8.16. The number of thioether (sulfide) groups is 1. The number of aromatic nitrogens is 1. The first-order valence-corrected chi connectivity index (χ1v) is 6.61. The monoisotopic (exact) mass is 264 g/mol. The molecular weight excluding hydrogens is 252 g/mol. The molecule has 0 fully saturated rings. The Balaban J connectivity index is 2.10. The summed E-state index contributed by atoms with van der Waals surface area (Å²) < 4.78 is 0. The minimum absolute atomic E-state index is 0.716. The van der Waals surface area contributed by atoms with Gasteiger partial charge < -0.3 is 5.73 Å². The first-order valence-electron chi connectivity index (χ1n) is 5.25. The van der Waals surface area contributed by atoms with Gasteiger partial charge in [-0.25, -0.2) is 0 Å². The third-order valence-electron chi connectivity index (χ3n) is 2.44. The Morgan fingerprint density at radius 3 is 2.94 bits per heavy atom. The predicted octanol–water partition coefficient (Wildman–Crippen LogP) is 3.92. The van der Waals surface area contributed by atoms with Crippen molar-refractivity contribution in [1.29, 1.82) is 0 Å². The lowest BCUT2D eigenvalue weighted by atomic mass is 10.2. The number of nitrogen functional groups attached to an aromatic ring is 1. The molecule has 2 nitrogen and oxygen atoms in total. The zero-order chi connectivity index (χ0) is 12.3. The van der Waals surface area contributed by atoms with Crippen molar-refractivity contribution in [3.8, 4) is 0 Å². The topological polar surface area (TPSA) is 38.9 Å². The Hall–Kier alpha value is -1.19. The van der Waals surface area contributed by atoms with Crippen molar-refractivity contribution in [2.24, 2.45) is 0 Å². The van der Waals surface area contributed by atoms with E-state index in [1.807, 2.05) is 31.2 Å². The molecule has 0 amide bonds. The van der Waals surface area contributed by atoms with Gasteiger partial charge >= 0.3 is 0 Å². The minimum atomic E-state index is 0.716. The van der Waals surface area contributed by atoms with Gasteiger partial charge in [-0.2, -0.15) is 0 Å². The number of nitrogens with zero attached hydrogens (tertiary/aromatic N) is 1. The van der Waals surface area contributed by atoms with E-state index >= 15 is 0 Å². The van der Waals surface area contributed by atoms with Crippen LogP contribution in [0.2, 0.25) is 5.02 Å². The number of halogens is 1.